The van der Waals surface area contributed by atoms with Crippen LogP contribution in [-0.2, 0) is 6.54 Å². The van der Waals surface area contributed by atoms with E-state index in [1.54, 1.807) is 36.1 Å². The van der Waals surface area contributed by atoms with Crippen LogP contribution < -0.4 is 5.32 Å². The van der Waals surface area contributed by atoms with Crippen LogP contribution in [0.25, 0.3) is 11.5 Å². The van der Waals surface area contributed by atoms with Gasteiger partial charge in [0.15, 0.2) is 0 Å². The van der Waals surface area contributed by atoms with Gasteiger partial charge < -0.3 is 10.2 Å². The summed E-state index contributed by atoms with van der Waals surface area (Å²) < 4.78 is 0. The zero-order valence-electron chi connectivity index (χ0n) is 14.0. The second-order valence-electron chi connectivity index (χ2n) is 5.93. The molecular formula is C16H18N8OS. The molecule has 4 rings (SSSR count). The molecular weight excluding hydrogens is 352 g/mol. The highest BCUT2D eigenvalue weighted by Crippen LogP contribution is 2.31. The summed E-state index contributed by atoms with van der Waals surface area (Å²) in [6.45, 7) is 1.00. The summed E-state index contributed by atoms with van der Waals surface area (Å²) in [5, 5.41) is 12.8. The molecule has 1 aliphatic heterocycles. The fourth-order valence-corrected chi connectivity index (χ4v) is 3.78. The number of carbonyl (C=O) groups excluding carboxylic acids is 1. The molecule has 1 saturated heterocycles. The summed E-state index contributed by atoms with van der Waals surface area (Å²) in [5.41, 5.74) is 0.584. The van der Waals surface area contributed by atoms with Crippen LogP contribution in [0.4, 0.5) is 4.79 Å². The minimum atomic E-state index is -0.109. The SMILES string of the molecule is O=C(NCc1nc(-c2cnccn2)n[nH]1)N1CCCC[C@H]1c1nccs1. The molecule has 1 atom stereocenters. The zero-order valence-corrected chi connectivity index (χ0v) is 14.8. The fourth-order valence-electron chi connectivity index (χ4n) is 2.99. The van der Waals surface area contributed by atoms with Crippen LogP contribution in [0.2, 0.25) is 0 Å². The monoisotopic (exact) mass is 370 g/mol. The maximum Gasteiger partial charge on any atom is 0.318 e. The van der Waals surface area contributed by atoms with Crippen molar-refractivity contribution in [2.45, 2.75) is 31.8 Å². The molecule has 0 spiro atoms. The summed E-state index contributed by atoms with van der Waals surface area (Å²) in [6, 6.07) is -0.0593. The molecule has 0 radical (unpaired) electrons. The minimum Gasteiger partial charge on any atom is -0.331 e. The van der Waals surface area contributed by atoms with E-state index in [1.807, 2.05) is 10.3 Å². The van der Waals surface area contributed by atoms with Gasteiger partial charge in [-0.3, -0.25) is 10.1 Å². The molecule has 0 bridgehead atoms. The lowest BCUT2D eigenvalue weighted by atomic mass is 10.0. The van der Waals surface area contributed by atoms with E-state index >= 15 is 0 Å². The molecule has 3 aromatic heterocycles. The van der Waals surface area contributed by atoms with Crippen molar-refractivity contribution in [1.29, 1.82) is 0 Å². The lowest BCUT2D eigenvalue weighted by Gasteiger charge is -2.34. The zero-order chi connectivity index (χ0) is 17.8. The smallest absolute Gasteiger partial charge is 0.318 e. The first-order valence-corrected chi connectivity index (χ1v) is 9.31. The van der Waals surface area contributed by atoms with E-state index in [0.29, 0.717) is 17.3 Å². The Kier molecular flexibility index (Phi) is 4.82. The number of H-pyrrole nitrogens is 1. The number of piperidine rings is 1. The van der Waals surface area contributed by atoms with Crippen molar-refractivity contribution < 1.29 is 4.79 Å². The fraction of sp³-hybridized carbons (Fsp3) is 0.375. The number of rotatable bonds is 4. The number of nitrogens with zero attached hydrogens (tertiary/aromatic N) is 6. The summed E-state index contributed by atoms with van der Waals surface area (Å²) in [4.78, 5) is 31.4. The first-order chi connectivity index (χ1) is 12.8. The number of amides is 2. The number of thiazole rings is 1. The molecule has 0 aromatic carbocycles. The number of hydrogen-bond acceptors (Lipinski definition) is 7. The van der Waals surface area contributed by atoms with Gasteiger partial charge in [-0.05, 0) is 19.3 Å². The Morgan fingerprint density at radius 3 is 3.08 bits per heavy atom. The molecule has 1 aliphatic rings. The predicted octanol–water partition coefficient (Wildman–Crippen LogP) is 2.15. The van der Waals surface area contributed by atoms with Gasteiger partial charge in [0.05, 0.1) is 18.8 Å². The normalized spacial score (nSPS) is 17.2. The number of nitrogens with one attached hydrogen (secondary N) is 2. The van der Waals surface area contributed by atoms with Gasteiger partial charge in [0.1, 0.15) is 16.5 Å². The van der Waals surface area contributed by atoms with Crippen molar-refractivity contribution in [1.82, 2.24) is 40.3 Å². The van der Waals surface area contributed by atoms with Crippen LogP contribution in [0.3, 0.4) is 0 Å². The summed E-state index contributed by atoms with van der Waals surface area (Å²) in [6.07, 6.45) is 9.62. The Labute approximate surface area is 153 Å². The second kappa shape index (κ2) is 7.56. The molecule has 0 unspecified atom stereocenters. The second-order valence-corrected chi connectivity index (χ2v) is 6.86. The number of hydrogen-bond donors (Lipinski definition) is 2. The highest BCUT2D eigenvalue weighted by atomic mass is 32.1. The number of aromatic nitrogens is 6. The molecule has 2 amide bonds. The van der Waals surface area contributed by atoms with E-state index in [9.17, 15) is 4.79 Å². The summed E-state index contributed by atoms with van der Waals surface area (Å²) in [7, 11) is 0. The van der Waals surface area contributed by atoms with Gasteiger partial charge in [-0.15, -0.1) is 11.3 Å². The third-order valence-electron chi connectivity index (χ3n) is 4.23. The molecule has 4 heterocycles. The summed E-state index contributed by atoms with van der Waals surface area (Å²) in [5.74, 6) is 1.03. The van der Waals surface area contributed by atoms with Gasteiger partial charge in [0.25, 0.3) is 0 Å². The molecule has 3 aromatic rings. The standard InChI is InChI=1S/C16H18N8OS/c25-16(24-7-2-1-3-12(24)15-19-6-8-26-15)20-10-13-21-14(23-22-13)11-9-17-4-5-18-11/h4-6,8-9,12H,1-3,7,10H2,(H,20,25)(H,21,22,23)/t12-/m0/s1. The third kappa shape index (κ3) is 3.54. The van der Waals surface area contributed by atoms with Crippen molar-refractivity contribution in [3.63, 3.8) is 0 Å². The van der Waals surface area contributed by atoms with Gasteiger partial charge in [0, 0.05) is 30.5 Å². The predicted molar refractivity (Wildman–Crippen MR) is 95.1 cm³/mol. The van der Waals surface area contributed by atoms with Crippen LogP contribution in [0.5, 0.6) is 0 Å². The van der Waals surface area contributed by atoms with E-state index in [0.717, 1.165) is 30.8 Å². The van der Waals surface area contributed by atoms with Gasteiger partial charge in [-0.25, -0.2) is 19.7 Å². The van der Waals surface area contributed by atoms with Crippen molar-refractivity contribution in [2.75, 3.05) is 6.54 Å². The van der Waals surface area contributed by atoms with E-state index in [4.69, 9.17) is 0 Å². The highest BCUT2D eigenvalue weighted by molar-refractivity contribution is 7.09. The molecule has 2 N–H and O–H groups in total. The first kappa shape index (κ1) is 16.6. The number of urea groups is 1. The lowest BCUT2D eigenvalue weighted by molar-refractivity contribution is 0.151. The lowest BCUT2D eigenvalue weighted by Crippen LogP contribution is -2.44. The van der Waals surface area contributed by atoms with Crippen molar-refractivity contribution in [3.05, 3.63) is 41.0 Å². The van der Waals surface area contributed by atoms with Crippen molar-refractivity contribution in [2.24, 2.45) is 0 Å². The van der Waals surface area contributed by atoms with Gasteiger partial charge in [0.2, 0.25) is 5.82 Å². The Morgan fingerprint density at radius 1 is 1.31 bits per heavy atom. The highest BCUT2D eigenvalue weighted by Gasteiger charge is 2.29. The minimum absolute atomic E-state index is 0.0497. The van der Waals surface area contributed by atoms with Crippen LogP contribution in [-0.4, -0.2) is 47.6 Å². The Balaban J connectivity index is 1.40. The largest absolute Gasteiger partial charge is 0.331 e. The van der Waals surface area contributed by atoms with Crippen LogP contribution >= 0.6 is 11.3 Å². The van der Waals surface area contributed by atoms with E-state index in [2.05, 4.69) is 35.5 Å². The Morgan fingerprint density at radius 2 is 2.27 bits per heavy atom. The Bertz CT molecular complexity index is 850. The van der Waals surface area contributed by atoms with Gasteiger partial charge in [-0.2, -0.15) is 5.10 Å². The van der Waals surface area contributed by atoms with Gasteiger partial charge >= 0.3 is 6.03 Å². The van der Waals surface area contributed by atoms with E-state index < -0.39 is 0 Å². The van der Waals surface area contributed by atoms with Crippen LogP contribution in [0, 0.1) is 0 Å². The molecule has 26 heavy (non-hydrogen) atoms. The first-order valence-electron chi connectivity index (χ1n) is 8.43. The quantitative estimate of drug-likeness (QED) is 0.728. The van der Waals surface area contributed by atoms with Crippen molar-refractivity contribution in [3.8, 4) is 11.5 Å². The maximum absolute atomic E-state index is 12.7. The van der Waals surface area contributed by atoms with E-state index in [1.165, 1.54) is 0 Å². The summed E-state index contributed by atoms with van der Waals surface area (Å²) >= 11 is 1.59. The Hall–Kier alpha value is -2.88. The topological polar surface area (TPSA) is 113 Å². The third-order valence-corrected chi connectivity index (χ3v) is 5.11. The molecule has 0 aliphatic carbocycles. The average molecular weight is 370 g/mol. The van der Waals surface area contributed by atoms with Crippen LogP contribution in [0.1, 0.15) is 36.1 Å². The van der Waals surface area contributed by atoms with Crippen molar-refractivity contribution >= 4 is 17.4 Å². The molecule has 10 heteroatoms. The van der Waals surface area contributed by atoms with Crippen LogP contribution in [0.15, 0.2) is 30.2 Å². The number of carbonyl (C=O) groups is 1. The molecule has 134 valence electrons. The van der Waals surface area contributed by atoms with Gasteiger partial charge in [-0.1, -0.05) is 0 Å². The number of aromatic amines is 1. The number of likely N-dealkylation sites (tertiary alicyclic amines) is 1. The molecule has 9 nitrogen and oxygen atoms in total. The maximum atomic E-state index is 12.7. The van der Waals surface area contributed by atoms with E-state index in [-0.39, 0.29) is 18.6 Å². The molecule has 1 fully saturated rings. The average Bonchev–Trinajstić information content (AvgIpc) is 3.39. The molecule has 0 saturated carbocycles.